The molecule has 0 fully saturated rings. The van der Waals surface area contributed by atoms with Gasteiger partial charge in [-0.05, 0) is 43.3 Å². The fraction of sp³-hybridized carbons (Fsp3) is 0.105. The average molecular weight is 336 g/mol. The Kier molecular flexibility index (Phi) is 4.40. The molecule has 4 nitrogen and oxygen atoms in total. The zero-order chi connectivity index (χ0) is 17.0. The highest BCUT2D eigenvalue weighted by Crippen LogP contribution is 2.43. The summed E-state index contributed by atoms with van der Waals surface area (Å²) in [4.78, 5) is 0. The second kappa shape index (κ2) is 6.49. The topological polar surface area (TPSA) is 66.0 Å². The van der Waals surface area contributed by atoms with Crippen LogP contribution in [0.2, 0.25) is 0 Å². The molecule has 0 aliphatic carbocycles. The molecular weight excluding hydrogens is 319 g/mol. The van der Waals surface area contributed by atoms with Gasteiger partial charge in [-0.25, -0.2) is 5.09 Å². The Morgan fingerprint density at radius 3 is 1.92 bits per heavy atom. The van der Waals surface area contributed by atoms with Crippen LogP contribution in [0.15, 0.2) is 83.5 Å². The van der Waals surface area contributed by atoms with E-state index in [-0.39, 0.29) is 0 Å². The molecule has 0 spiro atoms. The molecule has 3 aromatic rings. The molecule has 0 radical (unpaired) electrons. The van der Waals surface area contributed by atoms with E-state index in [0.717, 1.165) is 0 Å². The van der Waals surface area contributed by atoms with Crippen LogP contribution < -0.4 is 15.7 Å². The van der Waals surface area contributed by atoms with Gasteiger partial charge in [0, 0.05) is 10.6 Å². The van der Waals surface area contributed by atoms with Crippen molar-refractivity contribution in [3.05, 3.63) is 84.8 Å². The molecule has 5 heteroatoms. The Hall–Kier alpha value is -2.60. The summed E-state index contributed by atoms with van der Waals surface area (Å²) in [5.74, 6) is 0.428. The Balaban J connectivity index is 2.14. The second-order valence-corrected chi connectivity index (χ2v) is 8.08. The summed E-state index contributed by atoms with van der Waals surface area (Å²) >= 11 is 0. The van der Waals surface area contributed by atoms with Gasteiger partial charge < -0.3 is 4.42 Å². The molecule has 0 unspecified atom stereocenters. The highest BCUT2D eigenvalue weighted by molar-refractivity contribution is 7.77. The van der Waals surface area contributed by atoms with E-state index >= 15 is 0 Å². The minimum Gasteiger partial charge on any atom is -0.466 e. The van der Waals surface area contributed by atoms with E-state index in [0.29, 0.717) is 16.4 Å². The Bertz CT molecular complexity index is 843. The van der Waals surface area contributed by atoms with Crippen molar-refractivity contribution in [1.82, 2.24) is 5.09 Å². The zero-order valence-corrected chi connectivity index (χ0v) is 14.1. The van der Waals surface area contributed by atoms with E-state index in [4.69, 9.17) is 4.42 Å². The largest absolute Gasteiger partial charge is 0.466 e. The van der Waals surface area contributed by atoms with Gasteiger partial charge in [0.15, 0.2) is 5.54 Å². The lowest BCUT2D eigenvalue weighted by atomic mass is 10.0. The maximum atomic E-state index is 14.0. The van der Waals surface area contributed by atoms with E-state index in [2.05, 4.69) is 11.2 Å². The quantitative estimate of drug-likeness (QED) is 0.724. The lowest BCUT2D eigenvalue weighted by Crippen LogP contribution is -2.41. The predicted molar refractivity (Wildman–Crippen MR) is 94.6 cm³/mol. The first-order valence-corrected chi connectivity index (χ1v) is 9.25. The lowest BCUT2D eigenvalue weighted by Gasteiger charge is -2.29. The monoisotopic (exact) mass is 336 g/mol. The van der Waals surface area contributed by atoms with E-state index < -0.39 is 12.8 Å². The standard InChI is InChI=1S/C19H17N2O2P/c1-19(15-20,18-13-8-14-23-18)21-24(22,16-9-4-2-5-10-16)17-11-6-3-7-12-17/h2-14H,1H3,(H,21,22)/t19-/m0/s1. The molecule has 0 amide bonds. The van der Waals surface area contributed by atoms with Gasteiger partial charge in [0.1, 0.15) is 5.76 Å². The van der Waals surface area contributed by atoms with Crippen LogP contribution in [0.4, 0.5) is 0 Å². The van der Waals surface area contributed by atoms with Crippen molar-refractivity contribution in [2.75, 3.05) is 0 Å². The van der Waals surface area contributed by atoms with Crippen molar-refractivity contribution >= 4 is 17.9 Å². The maximum absolute atomic E-state index is 14.0. The van der Waals surface area contributed by atoms with Crippen LogP contribution in [-0.2, 0) is 10.1 Å². The minimum atomic E-state index is -3.24. The molecule has 0 aliphatic heterocycles. The third-order valence-electron chi connectivity index (χ3n) is 3.86. The molecule has 2 aromatic carbocycles. The van der Waals surface area contributed by atoms with Crippen molar-refractivity contribution < 1.29 is 8.98 Å². The number of furan rings is 1. The van der Waals surface area contributed by atoms with Crippen molar-refractivity contribution in [2.24, 2.45) is 0 Å². The molecule has 0 bridgehead atoms. The van der Waals surface area contributed by atoms with Gasteiger partial charge in [0.25, 0.3) is 0 Å². The molecule has 0 saturated heterocycles. The van der Waals surface area contributed by atoms with Crippen molar-refractivity contribution in [3.8, 4) is 6.07 Å². The van der Waals surface area contributed by atoms with E-state index in [9.17, 15) is 9.83 Å². The summed E-state index contributed by atoms with van der Waals surface area (Å²) in [6.07, 6.45) is 1.50. The minimum absolute atomic E-state index is 0.428. The first-order valence-electron chi connectivity index (χ1n) is 7.54. The third kappa shape index (κ3) is 2.92. The fourth-order valence-corrected chi connectivity index (χ4v) is 5.10. The maximum Gasteiger partial charge on any atom is 0.206 e. The molecule has 0 saturated carbocycles. The highest BCUT2D eigenvalue weighted by Gasteiger charge is 2.39. The number of nitrogens with one attached hydrogen (secondary N) is 1. The van der Waals surface area contributed by atoms with Gasteiger partial charge in [-0.2, -0.15) is 5.26 Å². The van der Waals surface area contributed by atoms with Gasteiger partial charge in [-0.1, -0.05) is 36.4 Å². The summed E-state index contributed by atoms with van der Waals surface area (Å²) in [7, 11) is -3.24. The normalized spacial score (nSPS) is 13.8. The Morgan fingerprint density at radius 2 is 1.50 bits per heavy atom. The van der Waals surface area contributed by atoms with Gasteiger partial charge in [0.2, 0.25) is 7.29 Å². The van der Waals surface area contributed by atoms with Crippen LogP contribution in [0.5, 0.6) is 0 Å². The molecule has 1 N–H and O–H groups in total. The smallest absolute Gasteiger partial charge is 0.206 e. The SMILES string of the molecule is C[C@@](C#N)(NP(=O)(c1ccccc1)c1ccccc1)c1ccco1. The third-order valence-corrected chi connectivity index (χ3v) is 6.67. The molecular formula is C19H17N2O2P. The van der Waals surface area contributed by atoms with Crippen LogP contribution in [-0.4, -0.2) is 0 Å². The van der Waals surface area contributed by atoms with Crippen LogP contribution in [0.25, 0.3) is 0 Å². The molecule has 0 aliphatic rings. The van der Waals surface area contributed by atoms with Crippen molar-refractivity contribution in [1.29, 1.82) is 5.26 Å². The lowest BCUT2D eigenvalue weighted by molar-refractivity contribution is 0.406. The molecule has 120 valence electrons. The highest BCUT2D eigenvalue weighted by atomic mass is 31.2. The van der Waals surface area contributed by atoms with Crippen LogP contribution in [0, 0.1) is 11.3 Å². The van der Waals surface area contributed by atoms with E-state index in [1.54, 1.807) is 43.3 Å². The number of benzene rings is 2. The molecule has 1 atom stereocenters. The van der Waals surface area contributed by atoms with E-state index in [1.807, 2.05) is 36.4 Å². The second-order valence-electron chi connectivity index (χ2n) is 5.61. The van der Waals surface area contributed by atoms with Gasteiger partial charge >= 0.3 is 0 Å². The Labute approximate surface area is 141 Å². The summed E-state index contributed by atoms with van der Waals surface area (Å²) in [5, 5.41) is 14.1. The van der Waals surface area contributed by atoms with Crippen molar-refractivity contribution in [2.45, 2.75) is 12.5 Å². The number of nitrogens with zero attached hydrogens (tertiary/aromatic N) is 1. The molecule has 24 heavy (non-hydrogen) atoms. The first-order chi connectivity index (χ1) is 11.6. The first kappa shape index (κ1) is 16.3. The molecule has 1 heterocycles. The van der Waals surface area contributed by atoms with Crippen molar-refractivity contribution in [3.63, 3.8) is 0 Å². The summed E-state index contributed by atoms with van der Waals surface area (Å²) in [6.45, 7) is 1.67. The number of hydrogen-bond acceptors (Lipinski definition) is 3. The van der Waals surface area contributed by atoms with E-state index in [1.165, 1.54) is 6.26 Å². The van der Waals surface area contributed by atoms with Gasteiger partial charge in [-0.3, -0.25) is 4.57 Å². The summed E-state index contributed by atoms with van der Waals surface area (Å²) in [6, 6.07) is 23.9. The average Bonchev–Trinajstić information content (AvgIpc) is 3.18. The number of hydrogen-bond donors (Lipinski definition) is 1. The fourth-order valence-electron chi connectivity index (χ4n) is 2.57. The molecule has 3 rings (SSSR count). The van der Waals surface area contributed by atoms with Gasteiger partial charge in [0.05, 0.1) is 12.3 Å². The summed E-state index contributed by atoms with van der Waals surface area (Å²) < 4.78 is 19.4. The number of nitriles is 1. The summed E-state index contributed by atoms with van der Waals surface area (Å²) in [5.41, 5.74) is -1.22. The predicted octanol–water partition coefficient (Wildman–Crippen LogP) is 3.54. The number of rotatable bonds is 5. The van der Waals surface area contributed by atoms with Crippen LogP contribution in [0.1, 0.15) is 12.7 Å². The zero-order valence-electron chi connectivity index (χ0n) is 13.2. The van der Waals surface area contributed by atoms with Gasteiger partial charge in [-0.15, -0.1) is 0 Å². The van der Waals surface area contributed by atoms with Crippen LogP contribution >= 0.6 is 7.29 Å². The van der Waals surface area contributed by atoms with Crippen LogP contribution in [0.3, 0.4) is 0 Å². The Morgan fingerprint density at radius 1 is 0.958 bits per heavy atom. The molecule has 1 aromatic heterocycles.